The maximum atomic E-state index is 11.2. The SMILES string of the molecule is Cc1csc(CCNC(=O)CC(C)N)n1. The molecule has 0 saturated heterocycles. The highest BCUT2D eigenvalue weighted by molar-refractivity contribution is 7.09. The van der Waals surface area contributed by atoms with Crippen LogP contribution in [0, 0.1) is 6.92 Å². The van der Waals surface area contributed by atoms with Crippen molar-refractivity contribution in [3.8, 4) is 0 Å². The summed E-state index contributed by atoms with van der Waals surface area (Å²) in [4.78, 5) is 15.6. The Hall–Kier alpha value is -0.940. The Bertz CT molecular complexity index is 322. The molecule has 0 radical (unpaired) electrons. The molecule has 1 unspecified atom stereocenters. The molecule has 0 aliphatic heterocycles. The number of aryl methyl sites for hydroxylation is 1. The number of carbonyl (C=O) groups excluding carboxylic acids is 1. The monoisotopic (exact) mass is 227 g/mol. The Morgan fingerprint density at radius 2 is 2.47 bits per heavy atom. The zero-order valence-electron chi connectivity index (χ0n) is 9.12. The van der Waals surface area contributed by atoms with Crippen LogP contribution in [0.5, 0.6) is 0 Å². The number of rotatable bonds is 5. The summed E-state index contributed by atoms with van der Waals surface area (Å²) in [7, 11) is 0. The van der Waals surface area contributed by atoms with Gasteiger partial charge in [-0.1, -0.05) is 0 Å². The van der Waals surface area contributed by atoms with Gasteiger partial charge in [0.15, 0.2) is 0 Å². The van der Waals surface area contributed by atoms with E-state index in [1.165, 1.54) is 0 Å². The summed E-state index contributed by atoms with van der Waals surface area (Å²) in [6.45, 7) is 4.43. The highest BCUT2D eigenvalue weighted by Crippen LogP contribution is 2.08. The fourth-order valence-corrected chi connectivity index (χ4v) is 1.97. The van der Waals surface area contributed by atoms with Gasteiger partial charge in [-0.05, 0) is 13.8 Å². The Morgan fingerprint density at radius 3 is 3.00 bits per heavy atom. The standard InChI is InChI=1S/C10H17N3OS/c1-7(11)5-9(14)12-4-3-10-13-8(2)6-15-10/h6-7H,3-5,11H2,1-2H3,(H,12,14). The van der Waals surface area contributed by atoms with Gasteiger partial charge in [0.05, 0.1) is 5.01 Å². The molecule has 1 heterocycles. The molecule has 0 fully saturated rings. The second kappa shape index (κ2) is 5.82. The molecular weight excluding hydrogens is 210 g/mol. The average Bonchev–Trinajstić information content (AvgIpc) is 2.50. The van der Waals surface area contributed by atoms with Crippen molar-refractivity contribution >= 4 is 17.2 Å². The predicted octanol–water partition coefficient (Wildman–Crippen LogP) is 0.848. The number of aromatic nitrogens is 1. The van der Waals surface area contributed by atoms with Crippen molar-refractivity contribution in [1.29, 1.82) is 0 Å². The first-order valence-corrected chi connectivity index (χ1v) is 5.89. The summed E-state index contributed by atoms with van der Waals surface area (Å²) in [6.07, 6.45) is 1.18. The highest BCUT2D eigenvalue weighted by atomic mass is 32.1. The van der Waals surface area contributed by atoms with Crippen molar-refractivity contribution in [2.24, 2.45) is 5.73 Å². The van der Waals surface area contributed by atoms with Crippen LogP contribution in [0.4, 0.5) is 0 Å². The van der Waals surface area contributed by atoms with E-state index in [0.29, 0.717) is 13.0 Å². The van der Waals surface area contributed by atoms with E-state index in [1.807, 2.05) is 19.2 Å². The summed E-state index contributed by atoms with van der Waals surface area (Å²) in [5.41, 5.74) is 6.55. The van der Waals surface area contributed by atoms with E-state index in [4.69, 9.17) is 5.73 Å². The Kier molecular flexibility index (Phi) is 4.71. The number of nitrogens with two attached hydrogens (primary N) is 1. The topological polar surface area (TPSA) is 68.0 Å². The van der Waals surface area contributed by atoms with E-state index >= 15 is 0 Å². The molecule has 0 bridgehead atoms. The molecular formula is C10H17N3OS. The second-order valence-corrected chi connectivity index (χ2v) is 4.61. The number of nitrogens with one attached hydrogen (secondary N) is 1. The fraction of sp³-hybridized carbons (Fsp3) is 0.600. The van der Waals surface area contributed by atoms with Crippen LogP contribution >= 0.6 is 11.3 Å². The van der Waals surface area contributed by atoms with Crippen LogP contribution in [0.25, 0.3) is 0 Å². The van der Waals surface area contributed by atoms with Crippen LogP contribution < -0.4 is 11.1 Å². The van der Waals surface area contributed by atoms with Crippen LogP contribution in [0.3, 0.4) is 0 Å². The molecule has 0 spiro atoms. The molecule has 1 rings (SSSR count). The van der Waals surface area contributed by atoms with Gasteiger partial charge in [0.2, 0.25) is 5.91 Å². The molecule has 1 aromatic rings. The number of hydrogen-bond acceptors (Lipinski definition) is 4. The lowest BCUT2D eigenvalue weighted by Crippen LogP contribution is -2.31. The Morgan fingerprint density at radius 1 is 1.73 bits per heavy atom. The van der Waals surface area contributed by atoms with Gasteiger partial charge >= 0.3 is 0 Å². The molecule has 15 heavy (non-hydrogen) atoms. The zero-order chi connectivity index (χ0) is 11.3. The number of carbonyl (C=O) groups is 1. The third kappa shape index (κ3) is 4.90. The van der Waals surface area contributed by atoms with Crippen molar-refractivity contribution in [2.75, 3.05) is 6.54 Å². The Balaban J connectivity index is 2.19. The summed E-state index contributed by atoms with van der Waals surface area (Å²) in [5, 5.41) is 5.90. The van der Waals surface area contributed by atoms with Gasteiger partial charge in [0.1, 0.15) is 0 Å². The van der Waals surface area contributed by atoms with Crippen molar-refractivity contribution in [1.82, 2.24) is 10.3 Å². The number of thiazole rings is 1. The van der Waals surface area contributed by atoms with E-state index < -0.39 is 0 Å². The van der Waals surface area contributed by atoms with Crippen molar-refractivity contribution in [2.45, 2.75) is 32.7 Å². The van der Waals surface area contributed by atoms with Gasteiger partial charge in [-0.25, -0.2) is 4.98 Å². The minimum absolute atomic E-state index is 0.0123. The third-order valence-corrected chi connectivity index (χ3v) is 2.86. The van der Waals surface area contributed by atoms with E-state index in [0.717, 1.165) is 17.1 Å². The Labute approximate surface area is 93.9 Å². The van der Waals surface area contributed by atoms with E-state index in [-0.39, 0.29) is 11.9 Å². The van der Waals surface area contributed by atoms with Crippen LogP contribution in [0.2, 0.25) is 0 Å². The van der Waals surface area contributed by atoms with E-state index in [9.17, 15) is 4.79 Å². The molecule has 1 atom stereocenters. The van der Waals surface area contributed by atoms with Crippen LogP contribution in [-0.2, 0) is 11.2 Å². The normalized spacial score (nSPS) is 12.5. The predicted molar refractivity (Wildman–Crippen MR) is 61.8 cm³/mol. The quantitative estimate of drug-likeness (QED) is 0.783. The molecule has 1 aromatic heterocycles. The number of hydrogen-bond donors (Lipinski definition) is 2. The lowest BCUT2D eigenvalue weighted by atomic mass is 10.2. The van der Waals surface area contributed by atoms with Crippen molar-refractivity contribution in [3.05, 3.63) is 16.1 Å². The molecule has 0 aliphatic rings. The van der Waals surface area contributed by atoms with Crippen LogP contribution in [0.15, 0.2) is 5.38 Å². The lowest BCUT2D eigenvalue weighted by Gasteiger charge is -2.05. The van der Waals surface area contributed by atoms with Gasteiger partial charge in [-0.2, -0.15) is 0 Å². The van der Waals surface area contributed by atoms with Gasteiger partial charge in [0, 0.05) is 36.5 Å². The number of amides is 1. The molecule has 5 heteroatoms. The maximum Gasteiger partial charge on any atom is 0.221 e. The van der Waals surface area contributed by atoms with Crippen molar-refractivity contribution < 1.29 is 4.79 Å². The first-order valence-electron chi connectivity index (χ1n) is 5.01. The molecule has 84 valence electrons. The van der Waals surface area contributed by atoms with Crippen molar-refractivity contribution in [3.63, 3.8) is 0 Å². The molecule has 0 saturated carbocycles. The third-order valence-electron chi connectivity index (χ3n) is 1.83. The average molecular weight is 227 g/mol. The largest absolute Gasteiger partial charge is 0.356 e. The second-order valence-electron chi connectivity index (χ2n) is 3.66. The maximum absolute atomic E-state index is 11.2. The van der Waals surface area contributed by atoms with E-state index in [2.05, 4.69) is 10.3 Å². The summed E-state index contributed by atoms with van der Waals surface area (Å²) >= 11 is 1.63. The van der Waals surface area contributed by atoms with Crippen LogP contribution in [0.1, 0.15) is 24.0 Å². The summed E-state index contributed by atoms with van der Waals surface area (Å²) in [5.74, 6) is 0.0123. The van der Waals surface area contributed by atoms with Gasteiger partial charge in [0.25, 0.3) is 0 Å². The minimum atomic E-state index is -0.0768. The van der Waals surface area contributed by atoms with Gasteiger partial charge in [-0.3, -0.25) is 4.79 Å². The van der Waals surface area contributed by atoms with Gasteiger partial charge < -0.3 is 11.1 Å². The molecule has 0 aliphatic carbocycles. The smallest absolute Gasteiger partial charge is 0.221 e. The highest BCUT2D eigenvalue weighted by Gasteiger charge is 2.04. The summed E-state index contributed by atoms with van der Waals surface area (Å²) < 4.78 is 0. The zero-order valence-corrected chi connectivity index (χ0v) is 9.93. The number of nitrogens with zero attached hydrogens (tertiary/aromatic N) is 1. The van der Waals surface area contributed by atoms with E-state index in [1.54, 1.807) is 11.3 Å². The molecule has 1 amide bonds. The molecule has 4 nitrogen and oxygen atoms in total. The first kappa shape index (κ1) is 12.1. The summed E-state index contributed by atoms with van der Waals surface area (Å²) in [6, 6.07) is -0.0768. The minimum Gasteiger partial charge on any atom is -0.356 e. The fourth-order valence-electron chi connectivity index (χ4n) is 1.19. The lowest BCUT2D eigenvalue weighted by molar-refractivity contribution is -0.121. The van der Waals surface area contributed by atoms with Crippen LogP contribution in [-0.4, -0.2) is 23.5 Å². The first-order chi connectivity index (χ1) is 7.08. The van der Waals surface area contributed by atoms with Gasteiger partial charge in [-0.15, -0.1) is 11.3 Å². The molecule has 0 aromatic carbocycles. The molecule has 3 N–H and O–H groups in total.